The number of nitrogens with one attached hydrogen (secondary N) is 2. The Morgan fingerprint density at radius 1 is 0.857 bits per heavy atom. The van der Waals surface area contributed by atoms with E-state index in [1.807, 2.05) is 42.5 Å². The fourth-order valence-corrected chi connectivity index (χ4v) is 6.20. The van der Waals surface area contributed by atoms with Gasteiger partial charge in [-0.1, -0.05) is 30.3 Å². The van der Waals surface area contributed by atoms with Gasteiger partial charge in [-0.25, -0.2) is 9.97 Å². The van der Waals surface area contributed by atoms with Crippen molar-refractivity contribution >= 4 is 28.9 Å². The van der Waals surface area contributed by atoms with E-state index in [-0.39, 0.29) is 11.7 Å². The van der Waals surface area contributed by atoms with Crippen molar-refractivity contribution < 1.29 is 9.53 Å². The van der Waals surface area contributed by atoms with Gasteiger partial charge in [0.05, 0.1) is 0 Å². The lowest BCUT2D eigenvalue weighted by molar-refractivity contribution is 0.0904. The monoisotopic (exact) mass is 570 g/mol. The minimum Gasteiger partial charge on any atom is -0.381 e. The highest BCUT2D eigenvalue weighted by Crippen LogP contribution is 2.31. The number of ether oxygens (including phenoxy) is 1. The Hall–Kier alpha value is -3.73. The number of nitrogens with zero attached hydrogens (tertiary/aromatic N) is 5. The van der Waals surface area contributed by atoms with Gasteiger partial charge in [0.2, 0.25) is 0 Å². The lowest BCUT2D eigenvalue weighted by atomic mass is 10.0. The summed E-state index contributed by atoms with van der Waals surface area (Å²) in [6.07, 6.45) is 4.14. The molecule has 3 aromatic rings. The minimum absolute atomic E-state index is 0.112. The first-order valence-electron chi connectivity index (χ1n) is 15.2. The summed E-state index contributed by atoms with van der Waals surface area (Å²) in [7, 11) is 2.21. The van der Waals surface area contributed by atoms with Crippen LogP contribution in [0.15, 0.2) is 54.6 Å². The highest BCUT2D eigenvalue weighted by atomic mass is 16.5. The summed E-state index contributed by atoms with van der Waals surface area (Å²) in [5.41, 5.74) is 9.44. The third-order valence-electron chi connectivity index (χ3n) is 8.75. The van der Waals surface area contributed by atoms with Gasteiger partial charge in [0.15, 0.2) is 17.3 Å². The lowest BCUT2D eigenvalue weighted by Crippen LogP contribution is -2.52. The Kier molecular flexibility index (Phi) is 8.83. The van der Waals surface area contributed by atoms with Crippen molar-refractivity contribution in [2.75, 3.05) is 75.1 Å². The van der Waals surface area contributed by atoms with Crippen LogP contribution in [0, 0.1) is 0 Å². The maximum absolute atomic E-state index is 12.5. The second-order valence-corrected chi connectivity index (χ2v) is 11.6. The van der Waals surface area contributed by atoms with Crippen molar-refractivity contribution in [1.82, 2.24) is 19.8 Å². The highest BCUT2D eigenvalue weighted by Gasteiger charge is 2.27. The molecule has 42 heavy (non-hydrogen) atoms. The SMILES string of the molecule is CN1CCN(C2CCN(c3ccc(Nc4nc(NC5CCOCC5)c(-c5ccccc5)nc4C(N)=O)cc3)CC2)CC1. The number of anilines is 4. The predicted octanol–water partition coefficient (Wildman–Crippen LogP) is 3.79. The van der Waals surface area contributed by atoms with Crippen molar-refractivity contribution in [3.8, 4) is 11.3 Å². The summed E-state index contributed by atoms with van der Waals surface area (Å²) in [5.74, 6) is 0.345. The molecule has 0 unspecified atom stereocenters. The van der Waals surface area contributed by atoms with E-state index in [9.17, 15) is 4.79 Å². The molecule has 0 bridgehead atoms. The van der Waals surface area contributed by atoms with Crippen molar-refractivity contribution in [3.63, 3.8) is 0 Å². The van der Waals surface area contributed by atoms with Gasteiger partial charge in [-0.3, -0.25) is 9.69 Å². The number of hydrogen-bond acceptors (Lipinski definition) is 9. The number of benzene rings is 2. The third kappa shape index (κ3) is 6.67. The number of amides is 1. The van der Waals surface area contributed by atoms with E-state index < -0.39 is 5.91 Å². The smallest absolute Gasteiger partial charge is 0.271 e. The Morgan fingerprint density at radius 3 is 2.21 bits per heavy atom. The molecule has 3 aliphatic heterocycles. The standard InChI is InChI=1S/C32H42N8O2/c1-38-17-19-40(20-18-38)27-11-15-39(16-12-27)26-9-7-24(8-10-26)34-32-29(30(33)41)36-28(23-5-3-2-4-6-23)31(37-32)35-25-13-21-42-22-14-25/h2-10,25,27H,11-22H2,1H3,(H2,33,41)(H2,34,35,37). The molecule has 1 amide bonds. The molecule has 3 fully saturated rings. The van der Waals surface area contributed by atoms with Crippen LogP contribution in [-0.2, 0) is 4.74 Å². The van der Waals surface area contributed by atoms with Crippen LogP contribution in [-0.4, -0.2) is 97.3 Å². The van der Waals surface area contributed by atoms with Gasteiger partial charge < -0.3 is 30.9 Å². The fourth-order valence-electron chi connectivity index (χ4n) is 6.20. The van der Waals surface area contributed by atoms with Crippen LogP contribution in [0.2, 0.25) is 0 Å². The number of nitrogens with two attached hydrogens (primary N) is 1. The second kappa shape index (κ2) is 13.1. The summed E-state index contributed by atoms with van der Waals surface area (Å²) in [6.45, 7) is 8.21. The number of primary amides is 1. The molecule has 1 aromatic heterocycles. The van der Waals surface area contributed by atoms with Gasteiger partial charge in [0.25, 0.3) is 5.91 Å². The van der Waals surface area contributed by atoms with E-state index >= 15 is 0 Å². The first kappa shape index (κ1) is 28.4. The molecule has 0 radical (unpaired) electrons. The minimum atomic E-state index is -0.625. The van der Waals surface area contributed by atoms with Crippen LogP contribution in [0.3, 0.4) is 0 Å². The summed E-state index contributed by atoms with van der Waals surface area (Å²) >= 11 is 0. The van der Waals surface area contributed by atoms with Gasteiger partial charge in [0.1, 0.15) is 5.69 Å². The topological polar surface area (TPSA) is 112 Å². The molecule has 0 aliphatic carbocycles. The van der Waals surface area contributed by atoms with Crippen molar-refractivity contribution in [1.29, 1.82) is 0 Å². The summed E-state index contributed by atoms with van der Waals surface area (Å²) < 4.78 is 5.54. The Balaban J connectivity index is 1.18. The zero-order chi connectivity index (χ0) is 28.9. The molecular formula is C32H42N8O2. The van der Waals surface area contributed by atoms with E-state index in [0.717, 1.165) is 37.2 Å². The van der Waals surface area contributed by atoms with E-state index in [0.29, 0.717) is 36.6 Å². The first-order chi connectivity index (χ1) is 20.5. The maximum atomic E-state index is 12.5. The molecule has 0 atom stereocenters. The predicted molar refractivity (Wildman–Crippen MR) is 167 cm³/mol. The zero-order valence-electron chi connectivity index (χ0n) is 24.5. The average Bonchev–Trinajstić information content (AvgIpc) is 3.03. The van der Waals surface area contributed by atoms with E-state index in [2.05, 4.69) is 44.5 Å². The zero-order valence-corrected chi connectivity index (χ0v) is 24.5. The Bertz CT molecular complexity index is 1330. The molecule has 10 heteroatoms. The number of carbonyl (C=O) groups excluding carboxylic acids is 1. The second-order valence-electron chi connectivity index (χ2n) is 11.6. The first-order valence-corrected chi connectivity index (χ1v) is 15.2. The lowest BCUT2D eigenvalue weighted by Gasteiger charge is -2.42. The number of piperazine rings is 1. The number of aromatic nitrogens is 2. The third-order valence-corrected chi connectivity index (χ3v) is 8.75. The van der Waals surface area contributed by atoms with Crippen molar-refractivity contribution in [3.05, 3.63) is 60.3 Å². The van der Waals surface area contributed by atoms with E-state index in [1.165, 1.54) is 44.7 Å². The number of likely N-dealkylation sites (N-methyl/N-ethyl adjacent to an activating group) is 1. The molecule has 4 heterocycles. The van der Waals surface area contributed by atoms with E-state index in [4.69, 9.17) is 20.4 Å². The molecule has 3 saturated heterocycles. The summed E-state index contributed by atoms with van der Waals surface area (Å²) in [4.78, 5) is 29.7. The van der Waals surface area contributed by atoms with Crippen LogP contribution in [0.1, 0.15) is 36.2 Å². The average molecular weight is 571 g/mol. The molecule has 0 spiro atoms. The summed E-state index contributed by atoms with van der Waals surface area (Å²) in [6, 6.07) is 19.0. The van der Waals surface area contributed by atoms with Crippen molar-refractivity contribution in [2.45, 2.75) is 37.8 Å². The maximum Gasteiger partial charge on any atom is 0.271 e. The highest BCUT2D eigenvalue weighted by molar-refractivity contribution is 5.97. The number of hydrogen-bond donors (Lipinski definition) is 3. The number of piperidine rings is 1. The molecule has 10 nitrogen and oxygen atoms in total. The Labute approximate surface area is 248 Å². The number of rotatable bonds is 8. The van der Waals surface area contributed by atoms with Gasteiger partial charge in [-0.15, -0.1) is 0 Å². The molecule has 3 aliphatic rings. The largest absolute Gasteiger partial charge is 0.381 e. The molecule has 0 saturated carbocycles. The normalized spacial score (nSPS) is 19.5. The van der Waals surface area contributed by atoms with Gasteiger partial charge in [-0.05, 0) is 57.0 Å². The van der Waals surface area contributed by atoms with E-state index in [1.54, 1.807) is 0 Å². The quantitative estimate of drug-likeness (QED) is 0.372. The summed E-state index contributed by atoms with van der Waals surface area (Å²) in [5, 5.41) is 6.89. The molecule has 222 valence electrons. The van der Waals surface area contributed by atoms with Crippen LogP contribution in [0.5, 0.6) is 0 Å². The van der Waals surface area contributed by atoms with Gasteiger partial charge in [0, 0.05) is 81.5 Å². The fraction of sp³-hybridized carbons (Fsp3) is 0.469. The van der Waals surface area contributed by atoms with Crippen LogP contribution in [0.25, 0.3) is 11.3 Å². The molecular weight excluding hydrogens is 528 g/mol. The van der Waals surface area contributed by atoms with Gasteiger partial charge in [-0.2, -0.15) is 0 Å². The van der Waals surface area contributed by atoms with Gasteiger partial charge >= 0.3 is 0 Å². The van der Waals surface area contributed by atoms with Crippen LogP contribution < -0.4 is 21.3 Å². The van der Waals surface area contributed by atoms with Crippen molar-refractivity contribution in [2.24, 2.45) is 5.73 Å². The molecule has 6 rings (SSSR count). The van der Waals surface area contributed by atoms with Crippen LogP contribution >= 0.6 is 0 Å². The van der Waals surface area contributed by atoms with Crippen LogP contribution in [0.4, 0.5) is 23.0 Å². The number of carbonyl (C=O) groups is 1. The Morgan fingerprint density at radius 2 is 1.55 bits per heavy atom. The molecule has 2 aromatic carbocycles. The molecule has 4 N–H and O–H groups in total.